The Morgan fingerprint density at radius 2 is 1.46 bits per heavy atom. The molecular formula is C38H42N2O8. The van der Waals surface area contributed by atoms with Gasteiger partial charge in [-0.05, 0) is 53.8 Å². The summed E-state index contributed by atoms with van der Waals surface area (Å²) >= 11 is 0. The maximum atomic E-state index is 12.9. The van der Waals surface area contributed by atoms with Crippen LogP contribution in [0.1, 0.15) is 42.7 Å². The van der Waals surface area contributed by atoms with Crippen molar-refractivity contribution in [3.8, 4) is 23.8 Å². The van der Waals surface area contributed by atoms with Crippen LogP contribution in [0.15, 0.2) is 101 Å². The van der Waals surface area contributed by atoms with Gasteiger partial charge in [-0.1, -0.05) is 67.4 Å². The second-order valence-corrected chi connectivity index (χ2v) is 11.6. The van der Waals surface area contributed by atoms with E-state index >= 15 is 0 Å². The van der Waals surface area contributed by atoms with Crippen LogP contribution in [0, 0.1) is 18.3 Å². The average molecular weight is 655 g/mol. The summed E-state index contributed by atoms with van der Waals surface area (Å²) in [5.41, 5.74) is 0.558. The van der Waals surface area contributed by atoms with E-state index in [1.165, 1.54) is 16.8 Å². The van der Waals surface area contributed by atoms with Gasteiger partial charge in [-0.25, -0.2) is 4.79 Å². The Labute approximate surface area is 280 Å². The second kappa shape index (κ2) is 16.4. The minimum absolute atomic E-state index is 0.113. The van der Waals surface area contributed by atoms with Gasteiger partial charge in [-0.2, -0.15) is 0 Å². The lowest BCUT2D eigenvalue weighted by molar-refractivity contribution is -0.104. The fourth-order valence-electron chi connectivity index (χ4n) is 6.16. The lowest BCUT2D eigenvalue weighted by atomic mass is 9.80. The largest absolute Gasteiger partial charge is 0.497 e. The third kappa shape index (κ3) is 7.72. The molecule has 1 saturated heterocycles. The third-order valence-corrected chi connectivity index (χ3v) is 8.59. The van der Waals surface area contributed by atoms with Gasteiger partial charge in [0.25, 0.3) is 5.56 Å². The summed E-state index contributed by atoms with van der Waals surface area (Å²) in [4.78, 5) is 27.0. The van der Waals surface area contributed by atoms with Crippen molar-refractivity contribution >= 4 is 0 Å². The zero-order chi connectivity index (χ0) is 33.9. The van der Waals surface area contributed by atoms with Crippen LogP contribution < -0.4 is 20.7 Å². The molecule has 10 nitrogen and oxygen atoms in total. The number of ether oxygens (including phenoxy) is 6. The highest BCUT2D eigenvalue weighted by Gasteiger charge is 2.46. The fourth-order valence-corrected chi connectivity index (χ4v) is 6.16. The lowest BCUT2D eigenvalue weighted by Gasteiger charge is -2.37. The molecule has 252 valence electrons. The first-order valence-electron chi connectivity index (χ1n) is 16.0. The molecule has 5 rings (SSSR count). The minimum Gasteiger partial charge on any atom is -0.497 e. The van der Waals surface area contributed by atoms with Crippen molar-refractivity contribution in [2.24, 2.45) is 5.92 Å². The Morgan fingerprint density at radius 1 is 0.854 bits per heavy atom. The number of aromatic nitrogens is 2. The minimum atomic E-state index is -1.07. The molecule has 0 radical (unpaired) electrons. The first kappa shape index (κ1) is 34.7. The Hall–Kier alpha value is -4.66. The van der Waals surface area contributed by atoms with E-state index in [0.717, 1.165) is 41.0 Å². The lowest BCUT2D eigenvalue weighted by Crippen LogP contribution is -2.39. The number of hydrogen-bond donors (Lipinski definition) is 1. The fraction of sp³-hybridized carbons (Fsp3) is 0.368. The highest BCUT2D eigenvalue weighted by atomic mass is 16.6. The molecule has 4 aromatic rings. The maximum absolute atomic E-state index is 12.9. The second-order valence-electron chi connectivity index (χ2n) is 11.6. The summed E-state index contributed by atoms with van der Waals surface area (Å²) in [5.74, 6) is 3.65. The number of nitrogens with zero attached hydrogens (tertiary/aromatic N) is 1. The van der Waals surface area contributed by atoms with E-state index in [4.69, 9.17) is 34.8 Å². The predicted octanol–water partition coefficient (Wildman–Crippen LogP) is 4.91. The quantitative estimate of drug-likeness (QED) is 0.103. The molecule has 0 bridgehead atoms. The average Bonchev–Trinajstić information content (AvgIpc) is 3.43. The van der Waals surface area contributed by atoms with Crippen molar-refractivity contribution in [1.29, 1.82) is 0 Å². The number of rotatable bonds is 16. The van der Waals surface area contributed by atoms with Crippen molar-refractivity contribution in [1.82, 2.24) is 9.55 Å². The van der Waals surface area contributed by atoms with Crippen LogP contribution in [0.25, 0.3) is 0 Å². The van der Waals surface area contributed by atoms with Gasteiger partial charge in [0.1, 0.15) is 36.0 Å². The van der Waals surface area contributed by atoms with Crippen molar-refractivity contribution < 1.29 is 28.4 Å². The highest BCUT2D eigenvalue weighted by Crippen LogP contribution is 2.43. The normalized spacial score (nSPS) is 19.1. The number of unbranched alkanes of at least 4 members (excludes halogenated alkanes) is 1. The summed E-state index contributed by atoms with van der Waals surface area (Å²) in [6, 6.07) is 26.9. The first-order valence-corrected chi connectivity index (χ1v) is 16.0. The van der Waals surface area contributed by atoms with Crippen LogP contribution in [0.4, 0.5) is 0 Å². The Kier molecular flexibility index (Phi) is 11.9. The molecule has 2 heterocycles. The van der Waals surface area contributed by atoms with Gasteiger partial charge < -0.3 is 28.4 Å². The summed E-state index contributed by atoms with van der Waals surface area (Å²) in [7, 11) is 3.26. The summed E-state index contributed by atoms with van der Waals surface area (Å²) in [5, 5.41) is 0. The predicted molar refractivity (Wildman–Crippen MR) is 181 cm³/mol. The molecule has 4 atom stereocenters. The third-order valence-electron chi connectivity index (χ3n) is 8.59. The van der Waals surface area contributed by atoms with E-state index in [1.54, 1.807) is 14.2 Å². The van der Waals surface area contributed by atoms with E-state index in [-0.39, 0.29) is 19.1 Å². The Balaban J connectivity index is 1.51. The molecule has 3 aromatic carbocycles. The molecule has 1 N–H and O–H groups in total. The van der Waals surface area contributed by atoms with Gasteiger partial charge in [-0.3, -0.25) is 14.3 Å². The van der Waals surface area contributed by atoms with E-state index < -0.39 is 35.3 Å². The topological polar surface area (TPSA) is 110 Å². The molecule has 0 amide bonds. The maximum Gasteiger partial charge on any atom is 0.330 e. The van der Waals surface area contributed by atoms with Crippen molar-refractivity contribution in [3.05, 3.63) is 129 Å². The molecule has 4 unspecified atom stereocenters. The van der Waals surface area contributed by atoms with Crippen LogP contribution in [0.2, 0.25) is 0 Å². The Morgan fingerprint density at radius 3 is 2.04 bits per heavy atom. The SMILES string of the molecule is C#CCOCCCCOC1C(COC(c2ccccc2)(c2ccc(OC)cc2)c2ccc(OC)cc2)OC(n2ccc(=O)[nH]c2=O)C1C. The molecule has 1 aliphatic heterocycles. The van der Waals surface area contributed by atoms with Crippen LogP contribution in [0.3, 0.4) is 0 Å². The standard InChI is InChI=1S/C38H42N2O8/c1-5-23-45-24-9-10-25-46-35-27(2)36(40-22-21-34(41)39-37(40)42)48-33(35)26-47-38(28-11-7-6-8-12-28,29-13-17-31(43-3)18-14-29)30-15-19-32(44-4)20-16-30/h1,6-8,11-22,27,33,35-36H,9-10,23-26H2,2-4H3,(H,39,41,42). The van der Waals surface area contributed by atoms with Crippen LogP contribution in [0.5, 0.6) is 11.5 Å². The van der Waals surface area contributed by atoms with E-state index in [0.29, 0.717) is 13.2 Å². The van der Waals surface area contributed by atoms with Crippen LogP contribution >= 0.6 is 0 Å². The molecule has 10 heteroatoms. The van der Waals surface area contributed by atoms with Crippen LogP contribution in [-0.4, -0.2) is 62.4 Å². The molecule has 1 aliphatic rings. The number of nitrogens with one attached hydrogen (secondary N) is 1. The van der Waals surface area contributed by atoms with Gasteiger partial charge in [0, 0.05) is 31.4 Å². The zero-order valence-electron chi connectivity index (χ0n) is 27.5. The molecular weight excluding hydrogens is 612 g/mol. The summed E-state index contributed by atoms with van der Waals surface area (Å²) < 4.78 is 37.9. The molecule has 48 heavy (non-hydrogen) atoms. The molecule has 1 fully saturated rings. The van der Waals surface area contributed by atoms with Crippen molar-refractivity contribution in [2.45, 2.75) is 43.8 Å². The highest BCUT2D eigenvalue weighted by molar-refractivity contribution is 5.49. The van der Waals surface area contributed by atoms with Gasteiger partial charge in [0.15, 0.2) is 0 Å². The van der Waals surface area contributed by atoms with Gasteiger partial charge in [0.05, 0.1) is 26.9 Å². The molecule has 0 aliphatic carbocycles. The number of benzene rings is 3. The van der Waals surface area contributed by atoms with Crippen molar-refractivity contribution in [3.63, 3.8) is 0 Å². The van der Waals surface area contributed by atoms with Crippen LogP contribution in [-0.2, 0) is 24.5 Å². The van der Waals surface area contributed by atoms with Gasteiger partial charge >= 0.3 is 5.69 Å². The van der Waals surface area contributed by atoms with Crippen molar-refractivity contribution in [2.75, 3.05) is 40.6 Å². The molecule has 1 aromatic heterocycles. The van der Waals surface area contributed by atoms with Gasteiger partial charge in [0.2, 0.25) is 0 Å². The molecule has 0 saturated carbocycles. The smallest absolute Gasteiger partial charge is 0.330 e. The molecule has 0 spiro atoms. The number of methoxy groups -OCH3 is 2. The number of terminal acetylenes is 1. The zero-order valence-corrected chi connectivity index (χ0v) is 27.5. The van der Waals surface area contributed by atoms with E-state index in [1.807, 2.05) is 85.8 Å². The van der Waals surface area contributed by atoms with E-state index in [9.17, 15) is 9.59 Å². The Bertz CT molecular complexity index is 1700. The number of hydrogen-bond acceptors (Lipinski definition) is 8. The number of H-pyrrole nitrogens is 1. The monoisotopic (exact) mass is 654 g/mol. The first-order chi connectivity index (χ1) is 23.4. The van der Waals surface area contributed by atoms with E-state index in [2.05, 4.69) is 10.9 Å². The number of aromatic amines is 1. The summed E-state index contributed by atoms with van der Waals surface area (Å²) in [6.45, 7) is 3.34. The van der Waals surface area contributed by atoms with Gasteiger partial charge in [-0.15, -0.1) is 6.42 Å². The summed E-state index contributed by atoms with van der Waals surface area (Å²) in [6.07, 6.45) is 6.56.